The molecular weight excluding hydrogens is 218 g/mol. The fourth-order valence-corrected chi connectivity index (χ4v) is 1.49. The van der Waals surface area contributed by atoms with Crippen LogP contribution in [0.4, 0.5) is 8.78 Å². The quantitative estimate of drug-likeness (QED) is 0.782. The number of halogens is 2. The highest BCUT2D eigenvalue weighted by Crippen LogP contribution is 2.29. The van der Waals surface area contributed by atoms with Crippen molar-refractivity contribution in [2.45, 2.75) is 0 Å². The van der Waals surface area contributed by atoms with Crippen LogP contribution in [0, 0.1) is 11.6 Å². The second kappa shape index (κ2) is 3.44. The van der Waals surface area contributed by atoms with Crippen LogP contribution in [0.3, 0.4) is 0 Å². The van der Waals surface area contributed by atoms with Gasteiger partial charge in [0, 0.05) is 16.8 Å². The lowest BCUT2D eigenvalue weighted by Crippen LogP contribution is -1.96. The number of carboxylic acid groups (broad SMARTS) is 1. The summed E-state index contributed by atoms with van der Waals surface area (Å²) in [7, 11) is 0. The number of aromatic carboxylic acids is 1. The summed E-state index contributed by atoms with van der Waals surface area (Å²) in [6.07, 6.45) is 0. The Bertz CT molecular complexity index is 593. The van der Waals surface area contributed by atoms with Crippen LogP contribution in [-0.4, -0.2) is 16.2 Å². The minimum Gasteiger partial charge on any atom is -0.507 e. The lowest BCUT2D eigenvalue weighted by atomic mass is 10.1. The molecule has 5 heteroatoms. The van der Waals surface area contributed by atoms with Gasteiger partial charge in [-0.25, -0.2) is 13.6 Å². The molecular formula is C11H6F2O3. The van der Waals surface area contributed by atoms with E-state index in [-0.39, 0.29) is 16.3 Å². The Labute approximate surface area is 88.6 Å². The van der Waals surface area contributed by atoms with Gasteiger partial charge in [-0.05, 0) is 18.2 Å². The van der Waals surface area contributed by atoms with Crippen LogP contribution in [-0.2, 0) is 0 Å². The lowest BCUT2D eigenvalue weighted by molar-refractivity contribution is 0.0696. The monoisotopic (exact) mass is 224 g/mol. The molecule has 0 spiro atoms. The molecule has 0 saturated carbocycles. The molecule has 0 aliphatic heterocycles. The number of hydrogen-bond donors (Lipinski definition) is 2. The number of carbonyl (C=O) groups is 1. The number of benzene rings is 2. The molecule has 0 unspecified atom stereocenters. The third-order valence-corrected chi connectivity index (χ3v) is 2.21. The van der Waals surface area contributed by atoms with Gasteiger partial charge < -0.3 is 10.2 Å². The predicted octanol–water partition coefficient (Wildman–Crippen LogP) is 2.52. The van der Waals surface area contributed by atoms with Crippen LogP contribution in [0.5, 0.6) is 5.75 Å². The van der Waals surface area contributed by atoms with Crippen LogP contribution in [0.15, 0.2) is 24.3 Å². The first-order chi connectivity index (χ1) is 7.49. The third-order valence-electron chi connectivity index (χ3n) is 2.21. The molecule has 0 atom stereocenters. The predicted molar refractivity (Wildman–Crippen MR) is 52.5 cm³/mol. The van der Waals surface area contributed by atoms with E-state index < -0.39 is 23.4 Å². The Morgan fingerprint density at radius 3 is 2.38 bits per heavy atom. The van der Waals surface area contributed by atoms with Crippen LogP contribution in [0.2, 0.25) is 0 Å². The minimum absolute atomic E-state index is 0.0532. The molecule has 0 aliphatic rings. The Hall–Kier alpha value is -2.17. The van der Waals surface area contributed by atoms with Gasteiger partial charge in [0.05, 0.1) is 5.56 Å². The molecule has 0 amide bonds. The molecule has 0 aromatic heterocycles. The van der Waals surface area contributed by atoms with E-state index in [9.17, 15) is 18.7 Å². The average molecular weight is 224 g/mol. The summed E-state index contributed by atoms with van der Waals surface area (Å²) in [4.78, 5) is 10.7. The molecule has 82 valence electrons. The van der Waals surface area contributed by atoms with Crippen molar-refractivity contribution in [3.63, 3.8) is 0 Å². The van der Waals surface area contributed by atoms with Crippen LogP contribution in [0.1, 0.15) is 10.4 Å². The van der Waals surface area contributed by atoms with E-state index in [1.807, 2.05) is 0 Å². The second-order valence-electron chi connectivity index (χ2n) is 3.28. The molecule has 0 bridgehead atoms. The molecule has 3 nitrogen and oxygen atoms in total. The van der Waals surface area contributed by atoms with E-state index in [4.69, 9.17) is 5.11 Å². The largest absolute Gasteiger partial charge is 0.507 e. The minimum atomic E-state index is -1.29. The van der Waals surface area contributed by atoms with Crippen molar-refractivity contribution in [3.8, 4) is 5.75 Å². The number of carboxylic acids is 1. The van der Waals surface area contributed by atoms with E-state index in [0.717, 1.165) is 18.2 Å². The molecule has 2 N–H and O–H groups in total. The average Bonchev–Trinajstić information content (AvgIpc) is 2.19. The van der Waals surface area contributed by atoms with E-state index in [1.54, 1.807) is 0 Å². The zero-order chi connectivity index (χ0) is 11.9. The first-order valence-electron chi connectivity index (χ1n) is 4.34. The van der Waals surface area contributed by atoms with Gasteiger partial charge in [0.1, 0.15) is 17.4 Å². The lowest BCUT2D eigenvalue weighted by Gasteiger charge is -2.04. The van der Waals surface area contributed by atoms with E-state index >= 15 is 0 Å². The van der Waals surface area contributed by atoms with Crippen molar-refractivity contribution in [1.82, 2.24) is 0 Å². The first kappa shape index (κ1) is 10.4. The van der Waals surface area contributed by atoms with E-state index in [0.29, 0.717) is 6.07 Å². The number of hydrogen-bond acceptors (Lipinski definition) is 2. The highest BCUT2D eigenvalue weighted by molar-refractivity contribution is 5.97. The van der Waals surface area contributed by atoms with Crippen LogP contribution < -0.4 is 0 Å². The highest BCUT2D eigenvalue weighted by Gasteiger charge is 2.12. The fraction of sp³-hybridized carbons (Fsp3) is 0. The SMILES string of the molecule is O=C(O)c1cc(O)c2cc(F)cc(F)c2c1. The molecule has 16 heavy (non-hydrogen) atoms. The molecule has 0 aliphatic carbocycles. The Kier molecular flexibility index (Phi) is 2.23. The second-order valence-corrected chi connectivity index (χ2v) is 3.28. The Balaban J connectivity index is 2.87. The Morgan fingerprint density at radius 2 is 1.75 bits per heavy atom. The van der Waals surface area contributed by atoms with Gasteiger partial charge in [-0.1, -0.05) is 0 Å². The summed E-state index contributed by atoms with van der Waals surface area (Å²) in [5.74, 6) is -3.49. The number of phenols is 1. The van der Waals surface area contributed by atoms with Crippen molar-refractivity contribution >= 4 is 16.7 Å². The smallest absolute Gasteiger partial charge is 0.335 e. The maximum atomic E-state index is 13.3. The van der Waals surface area contributed by atoms with Gasteiger partial charge >= 0.3 is 5.97 Å². The Morgan fingerprint density at radius 1 is 1.06 bits per heavy atom. The zero-order valence-corrected chi connectivity index (χ0v) is 7.87. The van der Waals surface area contributed by atoms with Gasteiger partial charge in [0.25, 0.3) is 0 Å². The molecule has 0 radical (unpaired) electrons. The maximum Gasteiger partial charge on any atom is 0.335 e. The summed E-state index contributed by atoms with van der Waals surface area (Å²) in [5.41, 5.74) is -0.254. The van der Waals surface area contributed by atoms with Gasteiger partial charge in [-0.15, -0.1) is 0 Å². The van der Waals surface area contributed by atoms with Gasteiger partial charge in [0.2, 0.25) is 0 Å². The highest BCUT2D eigenvalue weighted by atomic mass is 19.1. The van der Waals surface area contributed by atoms with Gasteiger partial charge in [-0.2, -0.15) is 0 Å². The maximum absolute atomic E-state index is 13.3. The molecule has 0 heterocycles. The van der Waals surface area contributed by atoms with Crippen molar-refractivity contribution < 1.29 is 23.8 Å². The van der Waals surface area contributed by atoms with Crippen LogP contribution >= 0.6 is 0 Å². The first-order valence-corrected chi connectivity index (χ1v) is 4.34. The summed E-state index contributed by atoms with van der Waals surface area (Å²) >= 11 is 0. The molecule has 2 aromatic rings. The van der Waals surface area contributed by atoms with Crippen molar-refractivity contribution in [2.75, 3.05) is 0 Å². The standard InChI is InChI=1S/C11H6F2O3/c12-6-3-8-7(9(13)4-6)1-5(11(15)16)2-10(8)14/h1-4,14H,(H,15,16). The topological polar surface area (TPSA) is 57.5 Å². The number of phenolic OH excluding ortho intramolecular Hbond substituents is 1. The molecule has 2 aromatic carbocycles. The third kappa shape index (κ3) is 1.56. The molecule has 2 rings (SSSR count). The molecule has 0 fully saturated rings. The fourth-order valence-electron chi connectivity index (χ4n) is 1.49. The van der Waals surface area contributed by atoms with Crippen molar-refractivity contribution in [2.24, 2.45) is 0 Å². The normalized spacial score (nSPS) is 10.6. The van der Waals surface area contributed by atoms with Gasteiger partial charge in [-0.3, -0.25) is 0 Å². The van der Waals surface area contributed by atoms with E-state index in [1.165, 1.54) is 0 Å². The summed E-state index contributed by atoms with van der Waals surface area (Å²) in [5, 5.41) is 18.0. The van der Waals surface area contributed by atoms with Crippen LogP contribution in [0.25, 0.3) is 10.8 Å². The van der Waals surface area contributed by atoms with Crippen molar-refractivity contribution in [3.05, 3.63) is 41.5 Å². The molecule has 0 saturated heterocycles. The zero-order valence-electron chi connectivity index (χ0n) is 7.87. The number of rotatable bonds is 1. The van der Waals surface area contributed by atoms with Crippen molar-refractivity contribution in [1.29, 1.82) is 0 Å². The summed E-state index contributed by atoms with van der Waals surface area (Å²) in [6.45, 7) is 0. The van der Waals surface area contributed by atoms with E-state index in [2.05, 4.69) is 0 Å². The summed E-state index contributed by atoms with van der Waals surface area (Å²) in [6, 6.07) is 3.57. The van der Waals surface area contributed by atoms with Gasteiger partial charge in [0.15, 0.2) is 0 Å². The number of aromatic hydroxyl groups is 1. The number of fused-ring (bicyclic) bond motifs is 1. The summed E-state index contributed by atoms with van der Waals surface area (Å²) < 4.78 is 26.2.